The highest BCUT2D eigenvalue weighted by atomic mass is 16.5. The van der Waals surface area contributed by atoms with E-state index in [1.807, 2.05) is 54.6 Å². The summed E-state index contributed by atoms with van der Waals surface area (Å²) in [6.07, 6.45) is 0. The third-order valence-corrected chi connectivity index (χ3v) is 2.90. The first kappa shape index (κ1) is 15.9. The molecule has 2 aromatic rings. The van der Waals surface area contributed by atoms with Gasteiger partial charge in [0.25, 0.3) is 0 Å². The van der Waals surface area contributed by atoms with Gasteiger partial charge in [0, 0.05) is 24.6 Å². The van der Waals surface area contributed by atoms with Crippen molar-refractivity contribution in [1.29, 1.82) is 0 Å². The Bertz CT molecular complexity index is 587. The number of carbonyl (C=O) groups excluding carboxylic acids is 1. The van der Waals surface area contributed by atoms with Crippen LogP contribution >= 0.6 is 0 Å². The largest absolute Gasteiger partial charge is 0.491 e. The molecule has 0 unspecified atom stereocenters. The highest BCUT2D eigenvalue weighted by molar-refractivity contribution is 5.93. The maximum atomic E-state index is 11.9. The van der Waals surface area contributed by atoms with Crippen molar-refractivity contribution < 1.29 is 14.3 Å². The second-order valence-electron chi connectivity index (χ2n) is 4.64. The number of amides is 1. The Morgan fingerprint density at radius 3 is 2.55 bits per heavy atom. The van der Waals surface area contributed by atoms with Crippen molar-refractivity contribution in [3.8, 4) is 5.75 Å². The molecule has 0 saturated heterocycles. The first-order chi connectivity index (χ1) is 10.8. The molecule has 0 heterocycles. The van der Waals surface area contributed by atoms with Gasteiger partial charge in [-0.25, -0.2) is 0 Å². The Kier molecular flexibility index (Phi) is 6.26. The quantitative estimate of drug-likeness (QED) is 0.736. The van der Waals surface area contributed by atoms with Crippen LogP contribution in [-0.4, -0.2) is 32.8 Å². The molecular formula is C17H20N2O3. The Labute approximate surface area is 130 Å². The third kappa shape index (κ3) is 5.46. The van der Waals surface area contributed by atoms with Crippen molar-refractivity contribution in [2.45, 2.75) is 0 Å². The number of rotatable bonds is 8. The van der Waals surface area contributed by atoms with Gasteiger partial charge in [-0.2, -0.15) is 0 Å². The number of carbonyl (C=O) groups is 1. The van der Waals surface area contributed by atoms with Gasteiger partial charge in [0.15, 0.2) is 0 Å². The minimum absolute atomic E-state index is 0.100. The van der Waals surface area contributed by atoms with Gasteiger partial charge >= 0.3 is 0 Å². The zero-order chi connectivity index (χ0) is 15.6. The predicted molar refractivity (Wildman–Crippen MR) is 87.4 cm³/mol. The lowest BCUT2D eigenvalue weighted by Gasteiger charge is -2.10. The summed E-state index contributed by atoms with van der Waals surface area (Å²) in [5.74, 6) is 0.641. The zero-order valence-electron chi connectivity index (χ0n) is 12.5. The summed E-state index contributed by atoms with van der Waals surface area (Å²) < 4.78 is 10.5. The Hall–Kier alpha value is -2.53. The number of benzene rings is 2. The average molecular weight is 300 g/mol. The molecular weight excluding hydrogens is 280 g/mol. The molecule has 5 heteroatoms. The minimum Gasteiger partial charge on any atom is -0.491 e. The molecule has 0 radical (unpaired) electrons. The van der Waals surface area contributed by atoms with Gasteiger partial charge in [-0.1, -0.05) is 24.3 Å². The molecule has 2 N–H and O–H groups in total. The molecule has 2 rings (SSSR count). The summed E-state index contributed by atoms with van der Waals surface area (Å²) in [5, 5.41) is 5.89. The van der Waals surface area contributed by atoms with E-state index in [2.05, 4.69) is 10.6 Å². The van der Waals surface area contributed by atoms with Gasteiger partial charge in [0.2, 0.25) is 5.91 Å². The molecule has 0 fully saturated rings. The van der Waals surface area contributed by atoms with E-state index < -0.39 is 0 Å². The maximum Gasteiger partial charge on any atom is 0.243 e. The molecule has 0 aliphatic rings. The van der Waals surface area contributed by atoms with Crippen LogP contribution in [0.5, 0.6) is 5.75 Å². The van der Waals surface area contributed by atoms with Crippen LogP contribution in [0.4, 0.5) is 11.4 Å². The van der Waals surface area contributed by atoms with Crippen molar-refractivity contribution in [2.75, 3.05) is 37.5 Å². The third-order valence-electron chi connectivity index (χ3n) is 2.90. The number of ether oxygens (including phenoxy) is 2. The maximum absolute atomic E-state index is 11.9. The lowest BCUT2D eigenvalue weighted by atomic mass is 10.3. The molecule has 5 nitrogen and oxygen atoms in total. The SMILES string of the molecule is COCCOc1cccc(NCC(=O)Nc2ccccc2)c1. The van der Waals surface area contributed by atoms with E-state index >= 15 is 0 Å². The zero-order valence-corrected chi connectivity index (χ0v) is 12.5. The fraction of sp³-hybridized carbons (Fsp3) is 0.235. The lowest BCUT2D eigenvalue weighted by molar-refractivity contribution is -0.114. The highest BCUT2D eigenvalue weighted by Gasteiger charge is 2.02. The number of hydrogen-bond donors (Lipinski definition) is 2. The van der Waals surface area contributed by atoms with Gasteiger partial charge in [-0.15, -0.1) is 0 Å². The minimum atomic E-state index is -0.100. The smallest absolute Gasteiger partial charge is 0.243 e. The van der Waals surface area contributed by atoms with Crippen LogP contribution in [0.3, 0.4) is 0 Å². The average Bonchev–Trinajstić information content (AvgIpc) is 2.55. The van der Waals surface area contributed by atoms with E-state index in [4.69, 9.17) is 9.47 Å². The molecule has 0 saturated carbocycles. The molecule has 0 atom stereocenters. The summed E-state index contributed by atoms with van der Waals surface area (Å²) in [6, 6.07) is 16.8. The number of para-hydroxylation sites is 1. The van der Waals surface area contributed by atoms with Crippen LogP contribution in [0, 0.1) is 0 Å². The van der Waals surface area contributed by atoms with E-state index in [0.717, 1.165) is 17.1 Å². The van der Waals surface area contributed by atoms with Crippen LogP contribution in [0.2, 0.25) is 0 Å². The Morgan fingerprint density at radius 1 is 1.00 bits per heavy atom. The van der Waals surface area contributed by atoms with Crippen LogP contribution < -0.4 is 15.4 Å². The Balaban J connectivity index is 1.80. The van der Waals surface area contributed by atoms with Gasteiger partial charge in [-0.3, -0.25) is 4.79 Å². The summed E-state index contributed by atoms with van der Waals surface area (Å²) in [7, 11) is 1.63. The molecule has 2 aromatic carbocycles. The van der Waals surface area contributed by atoms with Crippen molar-refractivity contribution in [1.82, 2.24) is 0 Å². The standard InChI is InChI=1S/C17H20N2O3/c1-21-10-11-22-16-9-5-8-15(12-16)18-13-17(20)19-14-6-3-2-4-7-14/h2-9,12,18H,10-11,13H2,1H3,(H,19,20). The number of nitrogens with one attached hydrogen (secondary N) is 2. The summed E-state index contributed by atoms with van der Waals surface area (Å²) >= 11 is 0. The molecule has 0 aliphatic carbocycles. The van der Waals surface area contributed by atoms with Crippen LogP contribution in [0.25, 0.3) is 0 Å². The molecule has 0 spiro atoms. The van der Waals surface area contributed by atoms with Crippen molar-refractivity contribution >= 4 is 17.3 Å². The van der Waals surface area contributed by atoms with Gasteiger partial charge < -0.3 is 20.1 Å². The molecule has 1 amide bonds. The predicted octanol–water partition coefficient (Wildman–Crippen LogP) is 2.76. The molecule has 0 bridgehead atoms. The number of hydrogen-bond acceptors (Lipinski definition) is 4. The fourth-order valence-corrected chi connectivity index (χ4v) is 1.85. The van der Waals surface area contributed by atoms with Gasteiger partial charge in [0.05, 0.1) is 13.2 Å². The van der Waals surface area contributed by atoms with E-state index in [0.29, 0.717) is 13.2 Å². The fourth-order valence-electron chi connectivity index (χ4n) is 1.85. The van der Waals surface area contributed by atoms with E-state index in [1.165, 1.54) is 0 Å². The van der Waals surface area contributed by atoms with Crippen LogP contribution in [-0.2, 0) is 9.53 Å². The van der Waals surface area contributed by atoms with E-state index in [1.54, 1.807) is 7.11 Å². The second-order valence-corrected chi connectivity index (χ2v) is 4.64. The van der Waals surface area contributed by atoms with Crippen molar-refractivity contribution in [3.63, 3.8) is 0 Å². The molecule has 22 heavy (non-hydrogen) atoms. The topological polar surface area (TPSA) is 59.6 Å². The van der Waals surface area contributed by atoms with Crippen molar-refractivity contribution in [2.24, 2.45) is 0 Å². The molecule has 0 aliphatic heterocycles. The van der Waals surface area contributed by atoms with Crippen molar-refractivity contribution in [3.05, 3.63) is 54.6 Å². The number of methoxy groups -OCH3 is 1. The number of anilines is 2. The van der Waals surface area contributed by atoms with Gasteiger partial charge in [0.1, 0.15) is 12.4 Å². The van der Waals surface area contributed by atoms with Crippen LogP contribution in [0.15, 0.2) is 54.6 Å². The van der Waals surface area contributed by atoms with Gasteiger partial charge in [-0.05, 0) is 24.3 Å². The normalized spacial score (nSPS) is 10.0. The summed E-state index contributed by atoms with van der Waals surface area (Å²) in [4.78, 5) is 11.9. The highest BCUT2D eigenvalue weighted by Crippen LogP contribution is 2.17. The first-order valence-electron chi connectivity index (χ1n) is 7.08. The molecule has 0 aromatic heterocycles. The summed E-state index contributed by atoms with van der Waals surface area (Å²) in [5.41, 5.74) is 1.61. The lowest BCUT2D eigenvalue weighted by Crippen LogP contribution is -2.21. The van der Waals surface area contributed by atoms with E-state index in [-0.39, 0.29) is 12.5 Å². The van der Waals surface area contributed by atoms with E-state index in [9.17, 15) is 4.79 Å². The molecule has 116 valence electrons. The Morgan fingerprint density at radius 2 is 1.77 bits per heavy atom. The summed E-state index contributed by atoms with van der Waals surface area (Å²) in [6.45, 7) is 1.22. The second kappa shape index (κ2) is 8.69. The van der Waals surface area contributed by atoms with Crippen LogP contribution in [0.1, 0.15) is 0 Å². The first-order valence-corrected chi connectivity index (χ1v) is 7.08. The monoisotopic (exact) mass is 300 g/mol.